The molecule has 0 aliphatic carbocycles. The number of benzene rings is 2. The van der Waals surface area contributed by atoms with E-state index < -0.39 is 17.7 Å². The highest BCUT2D eigenvalue weighted by Crippen LogP contribution is 2.38. The van der Waals surface area contributed by atoms with Crippen LogP contribution in [-0.4, -0.2) is 30.7 Å². The molecule has 2 N–H and O–H groups in total. The summed E-state index contributed by atoms with van der Waals surface area (Å²) in [6, 6.07) is 10.9. The molecule has 1 saturated heterocycles. The number of methoxy groups -OCH3 is 1. The van der Waals surface area contributed by atoms with Crippen LogP contribution in [0, 0.1) is 0 Å². The molecule has 7 nitrogen and oxygen atoms in total. The molecule has 1 amide bonds. The predicted molar refractivity (Wildman–Crippen MR) is 91.0 cm³/mol. The number of hydrogen-bond acceptors (Lipinski definition) is 6. The third-order valence-corrected chi connectivity index (χ3v) is 4.36. The smallest absolute Gasteiger partial charge is 0.293 e. The average molecular weight is 353 g/mol. The van der Waals surface area contributed by atoms with Crippen molar-refractivity contribution in [2.45, 2.75) is 6.04 Å². The first-order valence-corrected chi connectivity index (χ1v) is 7.91. The van der Waals surface area contributed by atoms with Crippen molar-refractivity contribution in [1.82, 2.24) is 5.32 Å². The van der Waals surface area contributed by atoms with Gasteiger partial charge in [-0.3, -0.25) is 9.59 Å². The van der Waals surface area contributed by atoms with Gasteiger partial charge >= 0.3 is 0 Å². The number of amides is 1. The second kappa shape index (κ2) is 6.11. The van der Waals surface area contributed by atoms with Crippen LogP contribution in [0.25, 0.3) is 5.76 Å². The molecule has 2 aliphatic heterocycles. The van der Waals surface area contributed by atoms with Crippen LogP contribution in [0.1, 0.15) is 17.2 Å². The molecule has 2 aromatic carbocycles. The van der Waals surface area contributed by atoms with E-state index >= 15 is 0 Å². The molecule has 2 heterocycles. The molecule has 2 aromatic rings. The number of hydrogen-bond donors (Lipinski definition) is 2. The molecule has 7 heteroatoms. The maximum Gasteiger partial charge on any atom is 0.293 e. The first kappa shape index (κ1) is 16.0. The molecule has 0 spiro atoms. The first-order chi connectivity index (χ1) is 12.6. The van der Waals surface area contributed by atoms with Crippen molar-refractivity contribution < 1.29 is 28.9 Å². The second-order valence-corrected chi connectivity index (χ2v) is 5.84. The Morgan fingerprint density at radius 2 is 1.85 bits per heavy atom. The Labute approximate surface area is 148 Å². The Hall–Kier alpha value is -3.48. The van der Waals surface area contributed by atoms with Gasteiger partial charge in [-0.05, 0) is 42.0 Å². The Kier molecular flexibility index (Phi) is 3.76. The SMILES string of the molecule is COc1ccc(C(O)=C2C(=O)C(=O)N[C@H]2c2ccc3c(c2)OCO3)cc1. The van der Waals surface area contributed by atoms with Gasteiger partial charge in [0.2, 0.25) is 6.79 Å². The molecule has 2 aliphatic rings. The highest BCUT2D eigenvalue weighted by Gasteiger charge is 2.40. The summed E-state index contributed by atoms with van der Waals surface area (Å²) in [7, 11) is 1.53. The predicted octanol–water partition coefficient (Wildman–Crippen LogP) is 2.13. The standard InChI is InChI=1S/C19H15NO6/c1-24-12-5-2-10(3-6-12)17(21)15-16(20-19(23)18(15)22)11-4-7-13-14(8-11)26-9-25-13/h2-8,16,21H,9H2,1H3,(H,20,23)/t16-/m0/s1. The van der Waals surface area contributed by atoms with Crippen LogP contribution >= 0.6 is 0 Å². The van der Waals surface area contributed by atoms with Gasteiger partial charge in [-0.1, -0.05) is 6.07 Å². The Balaban J connectivity index is 1.78. The van der Waals surface area contributed by atoms with Gasteiger partial charge in [0.25, 0.3) is 11.7 Å². The number of rotatable bonds is 3. The van der Waals surface area contributed by atoms with E-state index in [4.69, 9.17) is 14.2 Å². The van der Waals surface area contributed by atoms with Crippen molar-refractivity contribution in [2.75, 3.05) is 13.9 Å². The molecular formula is C19H15NO6. The molecule has 132 valence electrons. The van der Waals surface area contributed by atoms with Gasteiger partial charge in [-0.15, -0.1) is 0 Å². The minimum absolute atomic E-state index is 0.000896. The van der Waals surface area contributed by atoms with Crippen molar-refractivity contribution in [3.05, 3.63) is 59.2 Å². The number of aliphatic hydroxyl groups is 1. The molecule has 0 bridgehead atoms. The van der Waals surface area contributed by atoms with Crippen molar-refractivity contribution in [3.8, 4) is 17.2 Å². The highest BCUT2D eigenvalue weighted by atomic mass is 16.7. The van der Waals surface area contributed by atoms with Gasteiger partial charge in [0.1, 0.15) is 11.5 Å². The van der Waals surface area contributed by atoms with Gasteiger partial charge in [-0.25, -0.2) is 0 Å². The zero-order valence-corrected chi connectivity index (χ0v) is 13.8. The van der Waals surface area contributed by atoms with Crippen molar-refractivity contribution in [2.24, 2.45) is 0 Å². The normalized spacial score (nSPS) is 20.1. The summed E-state index contributed by atoms with van der Waals surface area (Å²) in [5.74, 6) is -0.0399. The highest BCUT2D eigenvalue weighted by molar-refractivity contribution is 6.46. The molecule has 1 fully saturated rings. The van der Waals surface area contributed by atoms with Crippen LogP contribution < -0.4 is 19.5 Å². The van der Waals surface area contributed by atoms with Crippen LogP contribution in [0.15, 0.2) is 48.0 Å². The number of Topliss-reactive ketones (excluding diaryl/α,β-unsaturated/α-hetero) is 1. The minimum Gasteiger partial charge on any atom is -0.507 e. The third kappa shape index (κ3) is 2.54. The van der Waals surface area contributed by atoms with Crippen molar-refractivity contribution in [3.63, 3.8) is 0 Å². The largest absolute Gasteiger partial charge is 0.507 e. The fraction of sp³-hybridized carbons (Fsp3) is 0.158. The molecule has 0 saturated carbocycles. The summed E-state index contributed by atoms with van der Waals surface area (Å²) in [5.41, 5.74) is 1.03. The van der Waals surface area contributed by atoms with E-state index in [-0.39, 0.29) is 18.1 Å². The number of fused-ring (bicyclic) bond motifs is 1. The van der Waals surface area contributed by atoms with Gasteiger partial charge in [0.05, 0.1) is 18.7 Å². The van der Waals surface area contributed by atoms with E-state index in [2.05, 4.69) is 5.32 Å². The molecule has 4 rings (SSSR count). The van der Waals surface area contributed by atoms with Crippen LogP contribution in [0.2, 0.25) is 0 Å². The van der Waals surface area contributed by atoms with Crippen molar-refractivity contribution >= 4 is 17.4 Å². The van der Waals surface area contributed by atoms with E-state index in [1.54, 1.807) is 42.5 Å². The topological polar surface area (TPSA) is 94.1 Å². The molecule has 1 atom stereocenters. The molecule has 0 unspecified atom stereocenters. The molecule has 0 radical (unpaired) electrons. The maximum atomic E-state index is 12.4. The van der Waals surface area contributed by atoms with Crippen LogP contribution in [0.4, 0.5) is 0 Å². The number of ketones is 1. The fourth-order valence-corrected chi connectivity index (χ4v) is 3.01. The van der Waals surface area contributed by atoms with Crippen LogP contribution in [0.5, 0.6) is 17.2 Å². The van der Waals surface area contributed by atoms with Gasteiger partial charge in [-0.2, -0.15) is 0 Å². The monoisotopic (exact) mass is 353 g/mol. The van der Waals surface area contributed by atoms with E-state index in [1.807, 2.05) is 0 Å². The number of ether oxygens (including phenoxy) is 3. The molecule has 26 heavy (non-hydrogen) atoms. The minimum atomic E-state index is -0.772. The number of carbonyl (C=O) groups excluding carboxylic acids is 2. The zero-order valence-electron chi connectivity index (χ0n) is 13.8. The lowest BCUT2D eigenvalue weighted by atomic mass is 9.95. The average Bonchev–Trinajstić information content (AvgIpc) is 3.25. The summed E-state index contributed by atoms with van der Waals surface area (Å²) in [6.45, 7) is 0.120. The Bertz CT molecular complexity index is 932. The quantitative estimate of drug-likeness (QED) is 0.499. The Morgan fingerprint density at radius 3 is 2.58 bits per heavy atom. The molecular weight excluding hydrogens is 338 g/mol. The van der Waals surface area contributed by atoms with Crippen LogP contribution in [0.3, 0.4) is 0 Å². The van der Waals surface area contributed by atoms with E-state index in [1.165, 1.54) is 7.11 Å². The van der Waals surface area contributed by atoms with Gasteiger partial charge < -0.3 is 24.6 Å². The van der Waals surface area contributed by atoms with Crippen molar-refractivity contribution in [1.29, 1.82) is 0 Å². The lowest BCUT2D eigenvalue weighted by molar-refractivity contribution is -0.133. The lowest BCUT2D eigenvalue weighted by Crippen LogP contribution is -2.21. The van der Waals surface area contributed by atoms with Gasteiger partial charge in [0, 0.05) is 5.56 Å². The second-order valence-electron chi connectivity index (χ2n) is 5.84. The first-order valence-electron chi connectivity index (χ1n) is 7.91. The van der Waals surface area contributed by atoms with E-state index in [0.717, 1.165) is 0 Å². The maximum absolute atomic E-state index is 12.4. The third-order valence-electron chi connectivity index (χ3n) is 4.36. The Morgan fingerprint density at radius 1 is 1.12 bits per heavy atom. The summed E-state index contributed by atoms with van der Waals surface area (Å²) >= 11 is 0. The number of aliphatic hydroxyl groups excluding tert-OH is 1. The van der Waals surface area contributed by atoms with Crippen LogP contribution in [-0.2, 0) is 9.59 Å². The number of nitrogens with one attached hydrogen (secondary N) is 1. The summed E-state index contributed by atoms with van der Waals surface area (Å²) in [5, 5.41) is 13.3. The zero-order chi connectivity index (χ0) is 18.3. The van der Waals surface area contributed by atoms with E-state index in [9.17, 15) is 14.7 Å². The van der Waals surface area contributed by atoms with Gasteiger partial charge in [0.15, 0.2) is 11.5 Å². The molecule has 0 aromatic heterocycles. The summed E-state index contributed by atoms with van der Waals surface area (Å²) < 4.78 is 15.7. The summed E-state index contributed by atoms with van der Waals surface area (Å²) in [4.78, 5) is 24.3. The van der Waals surface area contributed by atoms with E-state index in [0.29, 0.717) is 28.4 Å². The lowest BCUT2D eigenvalue weighted by Gasteiger charge is -2.14. The summed E-state index contributed by atoms with van der Waals surface area (Å²) in [6.07, 6.45) is 0. The fourth-order valence-electron chi connectivity index (χ4n) is 3.01. The number of carbonyl (C=O) groups is 2.